The molecule has 0 aliphatic heterocycles. The first-order valence-corrected chi connectivity index (χ1v) is 6.07. The summed E-state index contributed by atoms with van der Waals surface area (Å²) in [5.74, 6) is -1.14. The fraction of sp³-hybridized carbons (Fsp3) is 0.200. The third kappa shape index (κ3) is 2.74. The van der Waals surface area contributed by atoms with Crippen LogP contribution < -0.4 is 10.6 Å². The molecule has 0 saturated carbocycles. The summed E-state index contributed by atoms with van der Waals surface area (Å²) in [4.78, 5) is 1.78. The zero-order valence-electron chi connectivity index (χ0n) is 10.7. The molecule has 0 aliphatic carbocycles. The van der Waals surface area contributed by atoms with Crippen LogP contribution in [0.3, 0.4) is 0 Å². The number of halogens is 2. The normalized spacial score (nSPS) is 12.2. The van der Waals surface area contributed by atoms with Gasteiger partial charge in [-0.15, -0.1) is 0 Å². The van der Waals surface area contributed by atoms with E-state index in [-0.39, 0.29) is 12.1 Å². The van der Waals surface area contributed by atoms with E-state index in [1.165, 1.54) is 18.2 Å². The van der Waals surface area contributed by atoms with Gasteiger partial charge in [0.05, 0.1) is 6.04 Å². The minimum atomic E-state index is -0.571. The average molecular weight is 262 g/mol. The molecule has 0 aromatic heterocycles. The van der Waals surface area contributed by atoms with Gasteiger partial charge in [-0.2, -0.15) is 0 Å². The predicted octanol–water partition coefficient (Wildman–Crippen LogP) is 3.10. The van der Waals surface area contributed by atoms with E-state index in [4.69, 9.17) is 5.73 Å². The lowest BCUT2D eigenvalue weighted by atomic mass is 10.0. The van der Waals surface area contributed by atoms with Crippen molar-refractivity contribution in [2.75, 3.05) is 18.5 Å². The Morgan fingerprint density at radius 1 is 1.00 bits per heavy atom. The molecule has 0 saturated heterocycles. The minimum Gasteiger partial charge on any atom is -0.366 e. The predicted molar refractivity (Wildman–Crippen MR) is 73.0 cm³/mol. The van der Waals surface area contributed by atoms with E-state index in [1.807, 2.05) is 30.3 Å². The lowest BCUT2D eigenvalue weighted by molar-refractivity contribution is 0.519. The maximum absolute atomic E-state index is 13.8. The molecule has 19 heavy (non-hydrogen) atoms. The third-order valence-corrected chi connectivity index (χ3v) is 3.19. The molecule has 100 valence electrons. The van der Waals surface area contributed by atoms with Crippen molar-refractivity contribution < 1.29 is 8.78 Å². The van der Waals surface area contributed by atoms with Crippen molar-refractivity contribution in [3.8, 4) is 0 Å². The van der Waals surface area contributed by atoms with E-state index in [0.717, 1.165) is 5.69 Å². The van der Waals surface area contributed by atoms with Crippen LogP contribution in [0.15, 0.2) is 48.5 Å². The molecule has 2 N–H and O–H groups in total. The van der Waals surface area contributed by atoms with Crippen LogP contribution in [0.4, 0.5) is 14.5 Å². The fourth-order valence-electron chi connectivity index (χ4n) is 2.14. The first kappa shape index (κ1) is 13.5. The van der Waals surface area contributed by atoms with E-state index < -0.39 is 17.7 Å². The smallest absolute Gasteiger partial charge is 0.131 e. The molecule has 0 radical (unpaired) electrons. The molecular formula is C15H16F2N2. The summed E-state index contributed by atoms with van der Waals surface area (Å²) < 4.78 is 27.7. The number of para-hydroxylation sites is 1. The number of hydrogen-bond acceptors (Lipinski definition) is 2. The van der Waals surface area contributed by atoms with Gasteiger partial charge in [-0.05, 0) is 24.3 Å². The third-order valence-electron chi connectivity index (χ3n) is 3.19. The van der Waals surface area contributed by atoms with Crippen molar-refractivity contribution in [1.29, 1.82) is 0 Å². The Morgan fingerprint density at radius 3 is 2.11 bits per heavy atom. The fourth-order valence-corrected chi connectivity index (χ4v) is 2.14. The van der Waals surface area contributed by atoms with Gasteiger partial charge in [-0.25, -0.2) is 8.78 Å². The van der Waals surface area contributed by atoms with Gasteiger partial charge in [-0.3, -0.25) is 0 Å². The molecule has 2 aromatic rings. The number of hydrogen-bond donors (Lipinski definition) is 1. The van der Waals surface area contributed by atoms with Crippen molar-refractivity contribution in [3.05, 3.63) is 65.7 Å². The van der Waals surface area contributed by atoms with E-state index in [9.17, 15) is 8.78 Å². The van der Waals surface area contributed by atoms with Gasteiger partial charge < -0.3 is 10.6 Å². The second-order valence-electron chi connectivity index (χ2n) is 4.33. The van der Waals surface area contributed by atoms with Crippen molar-refractivity contribution in [1.82, 2.24) is 0 Å². The largest absolute Gasteiger partial charge is 0.366 e. The lowest BCUT2D eigenvalue weighted by Gasteiger charge is -2.30. The second kappa shape index (κ2) is 5.80. The maximum Gasteiger partial charge on any atom is 0.131 e. The van der Waals surface area contributed by atoms with Crippen molar-refractivity contribution in [2.24, 2.45) is 5.73 Å². The Labute approximate surface area is 111 Å². The molecule has 0 aliphatic rings. The van der Waals surface area contributed by atoms with Crippen molar-refractivity contribution >= 4 is 5.69 Å². The van der Waals surface area contributed by atoms with Gasteiger partial charge in [0, 0.05) is 24.8 Å². The molecule has 4 heteroatoms. The molecule has 0 heterocycles. The topological polar surface area (TPSA) is 29.3 Å². The van der Waals surface area contributed by atoms with Gasteiger partial charge in [0.2, 0.25) is 0 Å². The minimum absolute atomic E-state index is 0.0105. The summed E-state index contributed by atoms with van der Waals surface area (Å²) in [6.45, 7) is 0.128. The Kier molecular flexibility index (Phi) is 4.12. The standard InChI is InChI=1S/C15H16F2N2/c1-19(11-6-3-2-4-7-11)14(10-18)15-12(16)8-5-9-13(15)17/h2-9,14H,10,18H2,1H3. The van der Waals surface area contributed by atoms with Crippen LogP contribution in [-0.4, -0.2) is 13.6 Å². The molecule has 0 bridgehead atoms. The monoisotopic (exact) mass is 262 g/mol. The summed E-state index contributed by atoms with van der Waals surface area (Å²) in [7, 11) is 1.78. The Morgan fingerprint density at radius 2 is 1.58 bits per heavy atom. The summed E-state index contributed by atoms with van der Waals surface area (Å²) in [5, 5.41) is 0. The Bertz CT molecular complexity index is 523. The zero-order valence-corrected chi connectivity index (χ0v) is 10.7. The van der Waals surface area contributed by atoms with Crippen LogP contribution in [0, 0.1) is 11.6 Å². The first-order chi connectivity index (χ1) is 9.15. The Hall–Kier alpha value is -1.94. The summed E-state index contributed by atoms with van der Waals surface area (Å²) in [5.41, 5.74) is 6.58. The number of nitrogens with two attached hydrogens (primary N) is 1. The highest BCUT2D eigenvalue weighted by Gasteiger charge is 2.22. The molecule has 0 spiro atoms. The zero-order chi connectivity index (χ0) is 13.8. The van der Waals surface area contributed by atoms with Gasteiger partial charge in [-0.1, -0.05) is 24.3 Å². The molecule has 2 aromatic carbocycles. The Balaban J connectivity index is 2.40. The van der Waals surface area contributed by atoms with E-state index >= 15 is 0 Å². The van der Waals surface area contributed by atoms with E-state index in [0.29, 0.717) is 0 Å². The highest BCUT2D eigenvalue weighted by molar-refractivity contribution is 5.48. The van der Waals surface area contributed by atoms with Crippen LogP contribution in [-0.2, 0) is 0 Å². The van der Waals surface area contributed by atoms with Gasteiger partial charge >= 0.3 is 0 Å². The number of nitrogens with zero attached hydrogens (tertiary/aromatic N) is 1. The van der Waals surface area contributed by atoms with Crippen molar-refractivity contribution in [2.45, 2.75) is 6.04 Å². The van der Waals surface area contributed by atoms with Crippen LogP contribution >= 0.6 is 0 Å². The lowest BCUT2D eigenvalue weighted by Crippen LogP contribution is -2.31. The van der Waals surface area contributed by atoms with Crippen LogP contribution in [0.2, 0.25) is 0 Å². The SMILES string of the molecule is CN(c1ccccc1)C(CN)c1c(F)cccc1F. The van der Waals surface area contributed by atoms with Crippen LogP contribution in [0.5, 0.6) is 0 Å². The quantitative estimate of drug-likeness (QED) is 0.917. The number of rotatable bonds is 4. The van der Waals surface area contributed by atoms with E-state index in [1.54, 1.807) is 11.9 Å². The van der Waals surface area contributed by atoms with Gasteiger partial charge in [0.25, 0.3) is 0 Å². The van der Waals surface area contributed by atoms with Crippen LogP contribution in [0.1, 0.15) is 11.6 Å². The maximum atomic E-state index is 13.8. The molecule has 2 rings (SSSR count). The number of anilines is 1. The molecule has 0 fully saturated rings. The summed E-state index contributed by atoms with van der Waals surface area (Å²) in [6.07, 6.45) is 0. The highest BCUT2D eigenvalue weighted by Crippen LogP contribution is 2.28. The molecule has 1 unspecified atom stereocenters. The number of likely N-dealkylation sites (N-methyl/N-ethyl adjacent to an activating group) is 1. The molecule has 2 nitrogen and oxygen atoms in total. The number of benzene rings is 2. The molecule has 0 amide bonds. The van der Waals surface area contributed by atoms with Gasteiger partial charge in [0.1, 0.15) is 11.6 Å². The summed E-state index contributed by atoms with van der Waals surface area (Å²) >= 11 is 0. The summed E-state index contributed by atoms with van der Waals surface area (Å²) in [6, 6.07) is 12.7. The van der Waals surface area contributed by atoms with Gasteiger partial charge in [0.15, 0.2) is 0 Å². The second-order valence-corrected chi connectivity index (χ2v) is 4.33. The first-order valence-electron chi connectivity index (χ1n) is 6.07. The van der Waals surface area contributed by atoms with Crippen molar-refractivity contribution in [3.63, 3.8) is 0 Å². The average Bonchev–Trinajstić information content (AvgIpc) is 2.43. The highest BCUT2D eigenvalue weighted by atomic mass is 19.1. The molecule has 1 atom stereocenters. The molecular weight excluding hydrogens is 246 g/mol. The van der Waals surface area contributed by atoms with Crippen LogP contribution in [0.25, 0.3) is 0 Å². The van der Waals surface area contributed by atoms with E-state index in [2.05, 4.69) is 0 Å².